The average molecular weight is 421 g/mol. The van der Waals surface area contributed by atoms with Gasteiger partial charge in [0.05, 0.1) is 5.60 Å². The molecule has 1 amide bonds. The summed E-state index contributed by atoms with van der Waals surface area (Å²) in [5.41, 5.74) is 2.04. The predicted molar refractivity (Wildman–Crippen MR) is 118 cm³/mol. The van der Waals surface area contributed by atoms with Crippen LogP contribution in [-0.2, 0) is 9.53 Å². The monoisotopic (exact) mass is 420 g/mol. The van der Waals surface area contributed by atoms with E-state index < -0.39 is 0 Å². The molecule has 1 heterocycles. The second kappa shape index (κ2) is 11.3. The number of halogens is 2. The van der Waals surface area contributed by atoms with Gasteiger partial charge in [0, 0.05) is 44.9 Å². The molecule has 0 aromatic heterocycles. The fourth-order valence-electron chi connectivity index (χ4n) is 3.39. The fraction of sp³-hybridized carbons (Fsp3) is 0.542. The molecule has 1 saturated heterocycles. The first-order valence-electron chi connectivity index (χ1n) is 10.5. The number of benzene rings is 1. The first-order chi connectivity index (χ1) is 14.2. The highest BCUT2D eigenvalue weighted by Gasteiger charge is 2.25. The number of allylic oxidation sites excluding steroid dienone is 3. The van der Waals surface area contributed by atoms with Gasteiger partial charge in [-0.3, -0.25) is 4.79 Å². The first kappa shape index (κ1) is 24.1. The van der Waals surface area contributed by atoms with E-state index in [2.05, 4.69) is 4.90 Å². The Morgan fingerprint density at radius 1 is 1.17 bits per heavy atom. The number of hydrogen-bond acceptors (Lipinski definition) is 3. The number of hydrogen-bond donors (Lipinski definition) is 0. The molecule has 6 heteroatoms. The van der Waals surface area contributed by atoms with E-state index in [4.69, 9.17) is 4.74 Å². The van der Waals surface area contributed by atoms with Gasteiger partial charge in [-0.15, -0.1) is 0 Å². The van der Waals surface area contributed by atoms with E-state index in [0.29, 0.717) is 32.5 Å². The summed E-state index contributed by atoms with van der Waals surface area (Å²) in [5, 5.41) is 0. The highest BCUT2D eigenvalue weighted by atomic mass is 19.1. The van der Waals surface area contributed by atoms with Crippen molar-refractivity contribution in [1.29, 1.82) is 0 Å². The minimum absolute atomic E-state index is 0.0417. The molecule has 1 aliphatic carbocycles. The van der Waals surface area contributed by atoms with Gasteiger partial charge >= 0.3 is 0 Å². The molecule has 0 bridgehead atoms. The Kier molecular flexibility index (Phi) is 9.03. The van der Waals surface area contributed by atoms with Crippen molar-refractivity contribution in [2.24, 2.45) is 0 Å². The molecule has 30 heavy (non-hydrogen) atoms. The fourth-order valence-corrected chi connectivity index (χ4v) is 3.39. The maximum absolute atomic E-state index is 13.7. The minimum Gasteiger partial charge on any atom is -0.379 e. The second-order valence-electron chi connectivity index (χ2n) is 8.74. The maximum atomic E-state index is 13.7. The summed E-state index contributed by atoms with van der Waals surface area (Å²) in [6.07, 6.45) is 7.09. The van der Waals surface area contributed by atoms with Gasteiger partial charge < -0.3 is 14.5 Å². The largest absolute Gasteiger partial charge is 0.379 e. The third-order valence-electron chi connectivity index (χ3n) is 5.40. The van der Waals surface area contributed by atoms with Gasteiger partial charge in [-0.1, -0.05) is 17.7 Å². The lowest BCUT2D eigenvalue weighted by molar-refractivity contribution is -0.119. The van der Waals surface area contributed by atoms with Crippen LogP contribution in [0.5, 0.6) is 0 Å². The Balaban J connectivity index is 0.000000469. The number of likely N-dealkylation sites (tertiary alicyclic amines) is 1. The maximum Gasteiger partial charge on any atom is 0.209 e. The van der Waals surface area contributed by atoms with Crippen molar-refractivity contribution in [2.45, 2.75) is 58.1 Å². The number of carbonyl (C=O) groups is 1. The zero-order chi connectivity index (χ0) is 22.1. The molecule has 1 aromatic carbocycles. The Morgan fingerprint density at radius 2 is 1.83 bits per heavy atom. The van der Waals surface area contributed by atoms with Crippen LogP contribution in [0.1, 0.15) is 46.5 Å². The Labute approximate surface area is 179 Å². The van der Waals surface area contributed by atoms with Crippen molar-refractivity contribution in [2.75, 3.05) is 31.6 Å². The standard InChI is InChI=1S/C19H22F2N2O.C5H12O/c20-16-6-4-15(5-7-16)13-23(19-3-1-2-17(21)12-19)18-8-10-22(14-24)11-9-18;1-5(2,3)6-4/h1-4,6,12,14,18H,5,7-11,13H2;1-4H3. The van der Waals surface area contributed by atoms with Gasteiger partial charge in [0.15, 0.2) is 0 Å². The van der Waals surface area contributed by atoms with Crippen LogP contribution in [0, 0.1) is 5.82 Å². The summed E-state index contributed by atoms with van der Waals surface area (Å²) >= 11 is 0. The van der Waals surface area contributed by atoms with Gasteiger partial charge in [-0.2, -0.15) is 0 Å². The molecule has 0 atom stereocenters. The lowest BCUT2D eigenvalue weighted by atomic mass is 9.99. The quantitative estimate of drug-likeness (QED) is 0.610. The zero-order valence-corrected chi connectivity index (χ0v) is 18.5. The molecule has 0 unspecified atom stereocenters. The number of carbonyl (C=O) groups excluding carboxylic acids is 1. The van der Waals surface area contributed by atoms with Crippen molar-refractivity contribution < 1.29 is 18.3 Å². The van der Waals surface area contributed by atoms with Crippen LogP contribution in [0.3, 0.4) is 0 Å². The van der Waals surface area contributed by atoms with Crippen molar-refractivity contribution in [1.82, 2.24) is 4.90 Å². The molecule has 2 aliphatic rings. The van der Waals surface area contributed by atoms with E-state index in [1.54, 1.807) is 24.1 Å². The molecule has 166 valence electrons. The molecule has 3 rings (SSSR count). The topological polar surface area (TPSA) is 32.8 Å². The van der Waals surface area contributed by atoms with Crippen molar-refractivity contribution in [3.63, 3.8) is 0 Å². The Hall–Kier alpha value is -2.21. The van der Waals surface area contributed by atoms with Crippen LogP contribution in [0.2, 0.25) is 0 Å². The van der Waals surface area contributed by atoms with Crippen molar-refractivity contribution >= 4 is 12.1 Å². The molecule has 1 aromatic rings. The van der Waals surface area contributed by atoms with Crippen LogP contribution in [0.4, 0.5) is 14.5 Å². The van der Waals surface area contributed by atoms with E-state index >= 15 is 0 Å². The summed E-state index contributed by atoms with van der Waals surface area (Å²) in [6.45, 7) is 8.16. The van der Waals surface area contributed by atoms with E-state index in [1.165, 1.54) is 12.1 Å². The Morgan fingerprint density at radius 3 is 2.33 bits per heavy atom. The minimum atomic E-state index is -0.258. The van der Waals surface area contributed by atoms with Crippen LogP contribution >= 0.6 is 0 Å². The van der Waals surface area contributed by atoms with Crippen LogP contribution in [-0.4, -0.2) is 49.7 Å². The van der Waals surface area contributed by atoms with E-state index in [-0.39, 0.29) is 23.3 Å². The number of nitrogens with zero attached hydrogens (tertiary/aromatic N) is 2. The van der Waals surface area contributed by atoms with Gasteiger partial charge in [0.1, 0.15) is 11.6 Å². The number of methoxy groups -OCH3 is 1. The first-order valence-corrected chi connectivity index (χ1v) is 10.5. The van der Waals surface area contributed by atoms with Gasteiger partial charge in [0.2, 0.25) is 6.41 Å². The summed E-state index contributed by atoms with van der Waals surface area (Å²) in [7, 11) is 1.71. The van der Waals surface area contributed by atoms with Crippen LogP contribution in [0.25, 0.3) is 0 Å². The van der Waals surface area contributed by atoms with Gasteiger partial charge in [-0.25, -0.2) is 8.78 Å². The Bertz CT molecular complexity index is 748. The smallest absolute Gasteiger partial charge is 0.209 e. The summed E-state index contributed by atoms with van der Waals surface area (Å²) in [4.78, 5) is 14.9. The highest BCUT2D eigenvalue weighted by molar-refractivity contribution is 5.51. The van der Waals surface area contributed by atoms with E-state index in [9.17, 15) is 13.6 Å². The molecule has 0 N–H and O–H groups in total. The van der Waals surface area contributed by atoms with Crippen LogP contribution in [0.15, 0.2) is 47.8 Å². The number of amides is 1. The number of piperidine rings is 1. The number of anilines is 1. The van der Waals surface area contributed by atoms with Gasteiger partial charge in [0.25, 0.3) is 0 Å². The van der Waals surface area contributed by atoms with E-state index in [1.807, 2.05) is 32.9 Å². The number of rotatable bonds is 5. The van der Waals surface area contributed by atoms with Crippen LogP contribution < -0.4 is 4.90 Å². The third-order valence-corrected chi connectivity index (χ3v) is 5.40. The van der Waals surface area contributed by atoms with E-state index in [0.717, 1.165) is 30.5 Å². The normalized spacial score (nSPS) is 17.5. The molecule has 1 fully saturated rings. The molecule has 4 nitrogen and oxygen atoms in total. The molecule has 0 spiro atoms. The van der Waals surface area contributed by atoms with Gasteiger partial charge in [-0.05, 0) is 64.3 Å². The molecular weight excluding hydrogens is 386 g/mol. The molecular formula is C24H34F2N2O2. The average Bonchev–Trinajstić information content (AvgIpc) is 2.73. The molecule has 0 saturated carbocycles. The molecule has 1 aliphatic heterocycles. The lowest BCUT2D eigenvalue weighted by Gasteiger charge is -2.39. The van der Waals surface area contributed by atoms with Crippen molar-refractivity contribution in [3.8, 4) is 0 Å². The third kappa shape index (κ3) is 7.90. The highest BCUT2D eigenvalue weighted by Crippen LogP contribution is 2.28. The summed E-state index contributed by atoms with van der Waals surface area (Å²) in [5.74, 6) is -0.346. The lowest BCUT2D eigenvalue weighted by Crippen LogP contribution is -2.45. The second-order valence-corrected chi connectivity index (χ2v) is 8.74. The summed E-state index contributed by atoms with van der Waals surface area (Å²) in [6, 6.07) is 6.86. The molecule has 0 radical (unpaired) electrons. The number of ether oxygens (including phenoxy) is 1. The zero-order valence-electron chi connectivity index (χ0n) is 18.5. The predicted octanol–water partition coefficient (Wildman–Crippen LogP) is 5.26. The summed E-state index contributed by atoms with van der Waals surface area (Å²) < 4.78 is 31.8. The van der Waals surface area contributed by atoms with Crippen molar-refractivity contribution in [3.05, 3.63) is 53.6 Å². The SMILES string of the molecule is COC(C)(C)C.O=CN1CCC(N(CC2=CC=C(F)CC2)c2cccc(F)c2)CC1.